The minimum Gasteiger partial charge on any atom is -0.378 e. The molecule has 0 aromatic carbocycles. The fraction of sp³-hybridized carbons (Fsp3) is 0.938. The van der Waals surface area contributed by atoms with Crippen LogP contribution >= 0.6 is 0 Å². The van der Waals surface area contributed by atoms with Crippen molar-refractivity contribution < 1.29 is 13.2 Å². The monoisotopic (exact) mass is 345 g/mol. The van der Waals surface area contributed by atoms with Gasteiger partial charge < -0.3 is 15.4 Å². The van der Waals surface area contributed by atoms with Gasteiger partial charge in [-0.2, -0.15) is 0 Å². The highest BCUT2D eigenvalue weighted by Gasteiger charge is 2.28. The number of ether oxygens (including phenoxy) is 1. The molecule has 7 heteroatoms. The molecule has 0 saturated carbocycles. The van der Waals surface area contributed by atoms with Crippen molar-refractivity contribution in [3.63, 3.8) is 0 Å². The van der Waals surface area contributed by atoms with E-state index in [2.05, 4.69) is 36.4 Å². The average Bonchev–Trinajstić information content (AvgIpc) is 2.84. The molecule has 2 aliphatic rings. The zero-order valence-electron chi connectivity index (χ0n) is 14.5. The Morgan fingerprint density at radius 2 is 2.17 bits per heavy atom. The second kappa shape index (κ2) is 8.33. The molecule has 0 aromatic rings. The first-order valence-corrected chi connectivity index (χ1v) is 10.6. The lowest BCUT2D eigenvalue weighted by atomic mass is 10.0. The van der Waals surface area contributed by atoms with Gasteiger partial charge in [0.05, 0.1) is 17.6 Å². The number of sulfone groups is 1. The predicted octanol–water partition coefficient (Wildman–Crippen LogP) is 1.32. The summed E-state index contributed by atoms with van der Waals surface area (Å²) in [5, 5.41) is 6.93. The SMILES string of the molecule is CCC(C)NC(=NCC1CCS(=O)(=O)C1)NC1CCOC(C)C1. The summed E-state index contributed by atoms with van der Waals surface area (Å²) in [5.41, 5.74) is 0. The van der Waals surface area contributed by atoms with Crippen LogP contribution in [0.4, 0.5) is 0 Å². The molecule has 2 fully saturated rings. The molecule has 2 aliphatic heterocycles. The molecule has 0 spiro atoms. The van der Waals surface area contributed by atoms with Gasteiger partial charge in [-0.1, -0.05) is 6.92 Å². The Bertz CT molecular complexity index is 507. The lowest BCUT2D eigenvalue weighted by molar-refractivity contribution is 0.0165. The van der Waals surface area contributed by atoms with Crippen molar-refractivity contribution >= 4 is 15.8 Å². The summed E-state index contributed by atoms with van der Waals surface area (Å²) in [5.74, 6) is 1.56. The Morgan fingerprint density at radius 3 is 2.78 bits per heavy atom. The summed E-state index contributed by atoms with van der Waals surface area (Å²) in [6.45, 7) is 7.70. The van der Waals surface area contributed by atoms with Gasteiger partial charge in [0.1, 0.15) is 0 Å². The van der Waals surface area contributed by atoms with Crippen LogP contribution in [-0.4, -0.2) is 57.2 Å². The van der Waals surface area contributed by atoms with Crippen molar-refractivity contribution in [1.82, 2.24) is 10.6 Å². The molecule has 2 N–H and O–H groups in total. The first-order chi connectivity index (χ1) is 10.9. The van der Waals surface area contributed by atoms with Crippen molar-refractivity contribution in [3.05, 3.63) is 0 Å². The molecule has 0 bridgehead atoms. The van der Waals surface area contributed by atoms with Gasteiger partial charge in [0.15, 0.2) is 15.8 Å². The van der Waals surface area contributed by atoms with Crippen molar-refractivity contribution in [2.24, 2.45) is 10.9 Å². The number of nitrogens with one attached hydrogen (secondary N) is 2. The summed E-state index contributed by atoms with van der Waals surface area (Å²) >= 11 is 0. The van der Waals surface area contributed by atoms with Gasteiger partial charge in [-0.15, -0.1) is 0 Å². The smallest absolute Gasteiger partial charge is 0.191 e. The summed E-state index contributed by atoms with van der Waals surface area (Å²) in [4.78, 5) is 4.67. The Kier molecular flexibility index (Phi) is 6.71. The van der Waals surface area contributed by atoms with E-state index in [0.29, 0.717) is 24.4 Å². The molecule has 0 aliphatic carbocycles. The maximum absolute atomic E-state index is 11.6. The Hall–Kier alpha value is -0.820. The second-order valence-electron chi connectivity index (χ2n) is 6.96. The van der Waals surface area contributed by atoms with Gasteiger partial charge in [0.2, 0.25) is 0 Å². The lowest BCUT2D eigenvalue weighted by Crippen LogP contribution is -2.49. The third-order valence-electron chi connectivity index (χ3n) is 4.66. The number of rotatable bonds is 5. The summed E-state index contributed by atoms with van der Waals surface area (Å²) in [7, 11) is -2.83. The van der Waals surface area contributed by atoms with Gasteiger partial charge >= 0.3 is 0 Å². The molecular weight excluding hydrogens is 314 g/mol. The van der Waals surface area contributed by atoms with Crippen molar-refractivity contribution in [2.45, 2.75) is 64.6 Å². The molecule has 4 atom stereocenters. The number of hydrogen-bond donors (Lipinski definition) is 2. The van der Waals surface area contributed by atoms with E-state index in [-0.39, 0.29) is 17.8 Å². The van der Waals surface area contributed by atoms with Gasteiger partial charge in [0, 0.05) is 25.2 Å². The molecule has 4 unspecified atom stereocenters. The van der Waals surface area contributed by atoms with Gasteiger partial charge in [0.25, 0.3) is 0 Å². The van der Waals surface area contributed by atoms with E-state index < -0.39 is 9.84 Å². The van der Waals surface area contributed by atoms with Crippen LogP contribution in [-0.2, 0) is 14.6 Å². The highest BCUT2D eigenvalue weighted by atomic mass is 32.2. The largest absolute Gasteiger partial charge is 0.378 e. The Balaban J connectivity index is 1.94. The van der Waals surface area contributed by atoms with E-state index in [0.717, 1.165) is 38.2 Å². The van der Waals surface area contributed by atoms with E-state index in [1.54, 1.807) is 0 Å². The van der Waals surface area contributed by atoms with Crippen LogP contribution in [0.15, 0.2) is 4.99 Å². The Morgan fingerprint density at radius 1 is 1.39 bits per heavy atom. The van der Waals surface area contributed by atoms with Gasteiger partial charge in [-0.25, -0.2) is 8.42 Å². The van der Waals surface area contributed by atoms with Crippen molar-refractivity contribution in [3.8, 4) is 0 Å². The first kappa shape index (κ1) is 18.5. The quantitative estimate of drug-likeness (QED) is 0.580. The number of guanidine groups is 1. The van der Waals surface area contributed by atoms with Crippen LogP contribution in [0, 0.1) is 5.92 Å². The van der Waals surface area contributed by atoms with Crippen LogP contribution in [0.5, 0.6) is 0 Å². The molecule has 2 heterocycles. The van der Waals surface area contributed by atoms with E-state index in [4.69, 9.17) is 4.74 Å². The predicted molar refractivity (Wildman–Crippen MR) is 93.5 cm³/mol. The second-order valence-corrected chi connectivity index (χ2v) is 9.19. The number of aliphatic imine (C=N–C) groups is 1. The number of hydrogen-bond acceptors (Lipinski definition) is 4. The van der Waals surface area contributed by atoms with Crippen LogP contribution in [0.3, 0.4) is 0 Å². The molecule has 0 amide bonds. The van der Waals surface area contributed by atoms with E-state index in [1.165, 1.54) is 0 Å². The molecule has 134 valence electrons. The first-order valence-electron chi connectivity index (χ1n) is 8.77. The minimum atomic E-state index is -2.83. The van der Waals surface area contributed by atoms with E-state index in [1.807, 2.05) is 0 Å². The van der Waals surface area contributed by atoms with Gasteiger partial charge in [-0.3, -0.25) is 4.99 Å². The summed E-state index contributed by atoms with van der Waals surface area (Å²) < 4.78 is 28.7. The molecule has 2 rings (SSSR count). The standard InChI is InChI=1S/C16H31N3O3S/c1-4-12(2)18-16(19-15-5-7-22-13(3)9-15)17-10-14-6-8-23(20,21)11-14/h12-15H,4-11H2,1-3H3,(H2,17,18,19). The Labute approximate surface area is 140 Å². The zero-order valence-corrected chi connectivity index (χ0v) is 15.4. The van der Waals surface area contributed by atoms with Crippen LogP contribution in [0.25, 0.3) is 0 Å². The minimum absolute atomic E-state index is 0.157. The van der Waals surface area contributed by atoms with Crippen molar-refractivity contribution in [2.75, 3.05) is 24.7 Å². The lowest BCUT2D eigenvalue weighted by Gasteiger charge is -2.30. The molecule has 2 saturated heterocycles. The molecule has 6 nitrogen and oxygen atoms in total. The number of nitrogens with zero attached hydrogens (tertiary/aromatic N) is 1. The third-order valence-corrected chi connectivity index (χ3v) is 6.49. The molecule has 0 aromatic heterocycles. The van der Waals surface area contributed by atoms with Crippen LogP contribution in [0.1, 0.15) is 46.5 Å². The maximum atomic E-state index is 11.6. The fourth-order valence-electron chi connectivity index (χ4n) is 3.03. The van der Waals surface area contributed by atoms with Crippen molar-refractivity contribution in [1.29, 1.82) is 0 Å². The average molecular weight is 346 g/mol. The highest BCUT2D eigenvalue weighted by molar-refractivity contribution is 7.91. The molecule has 23 heavy (non-hydrogen) atoms. The fourth-order valence-corrected chi connectivity index (χ4v) is 4.88. The summed E-state index contributed by atoms with van der Waals surface area (Å²) in [6.07, 6.45) is 3.97. The van der Waals surface area contributed by atoms with Gasteiger partial charge in [-0.05, 0) is 45.4 Å². The van der Waals surface area contributed by atoms with E-state index >= 15 is 0 Å². The topological polar surface area (TPSA) is 79.8 Å². The molecule has 0 radical (unpaired) electrons. The molecular formula is C16H31N3O3S. The van der Waals surface area contributed by atoms with E-state index in [9.17, 15) is 8.42 Å². The van der Waals surface area contributed by atoms with Crippen LogP contribution < -0.4 is 10.6 Å². The van der Waals surface area contributed by atoms with Crippen LogP contribution in [0.2, 0.25) is 0 Å². The summed E-state index contributed by atoms with van der Waals surface area (Å²) in [6, 6.07) is 0.701. The zero-order chi connectivity index (χ0) is 16.9. The maximum Gasteiger partial charge on any atom is 0.191 e. The highest BCUT2D eigenvalue weighted by Crippen LogP contribution is 2.18. The third kappa shape index (κ3) is 6.30. The normalized spacial score (nSPS) is 32.5.